The van der Waals surface area contributed by atoms with Crippen LogP contribution in [0.2, 0.25) is 0 Å². The fraction of sp³-hybridized carbons (Fsp3) is 0.333. The molecule has 5 rings (SSSR count). The van der Waals surface area contributed by atoms with Gasteiger partial charge < -0.3 is 58.4 Å². The summed E-state index contributed by atoms with van der Waals surface area (Å²) in [4.78, 5) is 25.0. The van der Waals surface area contributed by atoms with Crippen molar-refractivity contribution in [2.24, 2.45) is 0 Å². The van der Waals surface area contributed by atoms with Crippen molar-refractivity contribution in [2.75, 3.05) is 21.0 Å². The van der Waals surface area contributed by atoms with Gasteiger partial charge in [0.05, 0.1) is 14.2 Å². The van der Waals surface area contributed by atoms with Gasteiger partial charge in [-0.05, 0) is 18.2 Å². The molecule has 202 valence electrons. The molecule has 0 saturated carbocycles. The van der Waals surface area contributed by atoms with Crippen molar-refractivity contribution in [3.63, 3.8) is 0 Å². The average Bonchev–Trinajstić information content (AvgIpc) is 3.38. The van der Waals surface area contributed by atoms with E-state index < -0.39 is 53.6 Å². The molecule has 0 radical (unpaired) electrons. The minimum Gasteiger partial charge on any atom is -0.504 e. The van der Waals surface area contributed by atoms with Crippen LogP contribution in [0.25, 0.3) is 22.3 Å². The van der Waals surface area contributed by atoms with Crippen molar-refractivity contribution in [3.8, 4) is 45.8 Å². The molecule has 0 aliphatic carbocycles. The number of carbonyl (C=O) groups excluding carboxylic acids is 1. The van der Waals surface area contributed by atoms with Crippen LogP contribution in [-0.4, -0.2) is 83.2 Å². The van der Waals surface area contributed by atoms with Crippen molar-refractivity contribution in [1.29, 1.82) is 0 Å². The van der Waals surface area contributed by atoms with E-state index in [1.807, 2.05) is 0 Å². The Morgan fingerprint density at radius 1 is 1.03 bits per heavy atom. The third kappa shape index (κ3) is 3.99. The number of aromatic hydroxyl groups is 2. The molecule has 1 saturated heterocycles. The SMILES string of the molecule is COC(=O)C1OC(Oc2ccc(-c3oc4cc5c(c(O)c4c(=O)c3OC)OCO5)cc2O)C(O)C(O)C1O. The van der Waals surface area contributed by atoms with Crippen LogP contribution in [0.1, 0.15) is 0 Å². The first kappa shape index (κ1) is 25.4. The van der Waals surface area contributed by atoms with E-state index in [2.05, 4.69) is 4.74 Å². The number of methoxy groups -OCH3 is 2. The smallest absolute Gasteiger partial charge is 0.337 e. The van der Waals surface area contributed by atoms with Crippen LogP contribution in [0.4, 0.5) is 0 Å². The number of fused-ring (bicyclic) bond motifs is 2. The molecule has 5 unspecified atom stereocenters. The Hall–Kier alpha value is -4.24. The maximum Gasteiger partial charge on any atom is 0.337 e. The average molecular weight is 534 g/mol. The molecule has 2 aliphatic rings. The number of ether oxygens (including phenoxy) is 6. The van der Waals surface area contributed by atoms with Gasteiger partial charge in [0.2, 0.25) is 30.0 Å². The van der Waals surface area contributed by atoms with Crippen molar-refractivity contribution in [2.45, 2.75) is 30.7 Å². The van der Waals surface area contributed by atoms with Crippen LogP contribution in [0.15, 0.2) is 33.5 Å². The predicted octanol–water partition coefficient (Wildman–Crippen LogP) is -0.0321. The molecular formula is C24H22O14. The molecule has 0 spiro atoms. The summed E-state index contributed by atoms with van der Waals surface area (Å²) in [6, 6.07) is 5.16. The Morgan fingerprint density at radius 2 is 1.79 bits per heavy atom. The second-order valence-electron chi connectivity index (χ2n) is 8.35. The third-order valence-electron chi connectivity index (χ3n) is 6.12. The number of carbonyl (C=O) groups is 1. The normalized spacial score (nSPS) is 24.3. The van der Waals surface area contributed by atoms with E-state index >= 15 is 0 Å². The topological polar surface area (TPSA) is 204 Å². The van der Waals surface area contributed by atoms with Gasteiger partial charge in [-0.3, -0.25) is 4.79 Å². The number of aliphatic hydroxyl groups excluding tert-OH is 3. The van der Waals surface area contributed by atoms with E-state index in [0.29, 0.717) is 0 Å². The zero-order chi connectivity index (χ0) is 27.3. The van der Waals surface area contributed by atoms with E-state index in [0.717, 1.165) is 13.2 Å². The van der Waals surface area contributed by atoms with Crippen molar-refractivity contribution >= 4 is 16.9 Å². The van der Waals surface area contributed by atoms with Crippen LogP contribution in [0.5, 0.6) is 34.5 Å². The molecule has 3 aromatic rings. The number of esters is 1. The lowest BCUT2D eigenvalue weighted by Gasteiger charge is -2.38. The van der Waals surface area contributed by atoms with Crippen molar-refractivity contribution < 1.29 is 63.2 Å². The molecule has 14 heteroatoms. The number of phenols is 2. The van der Waals surface area contributed by atoms with Gasteiger partial charge in [0.1, 0.15) is 29.3 Å². The molecule has 5 atom stereocenters. The molecular weight excluding hydrogens is 512 g/mol. The maximum absolute atomic E-state index is 13.1. The quantitative estimate of drug-likeness (QED) is 0.273. The minimum absolute atomic E-state index is 0.00190. The lowest BCUT2D eigenvalue weighted by atomic mass is 9.99. The number of aliphatic hydroxyl groups is 3. The number of phenolic OH excluding ortho intramolecular Hbond substituents is 2. The number of benzene rings is 2. The highest BCUT2D eigenvalue weighted by atomic mass is 16.7. The fourth-order valence-electron chi connectivity index (χ4n) is 4.19. The minimum atomic E-state index is -1.82. The number of rotatable bonds is 5. The molecule has 1 aromatic heterocycles. The van der Waals surface area contributed by atoms with E-state index in [1.54, 1.807) is 0 Å². The van der Waals surface area contributed by atoms with Crippen LogP contribution < -0.4 is 24.4 Å². The van der Waals surface area contributed by atoms with E-state index in [1.165, 1.54) is 25.3 Å². The lowest BCUT2D eigenvalue weighted by Crippen LogP contribution is -2.61. The Morgan fingerprint density at radius 3 is 2.47 bits per heavy atom. The van der Waals surface area contributed by atoms with Crippen LogP contribution >= 0.6 is 0 Å². The van der Waals surface area contributed by atoms with Gasteiger partial charge in [-0.25, -0.2) is 4.79 Å². The van der Waals surface area contributed by atoms with Crippen LogP contribution in [-0.2, 0) is 14.3 Å². The van der Waals surface area contributed by atoms with Gasteiger partial charge in [-0.15, -0.1) is 0 Å². The lowest BCUT2D eigenvalue weighted by molar-refractivity contribution is -0.272. The van der Waals surface area contributed by atoms with Crippen LogP contribution in [0, 0.1) is 0 Å². The molecule has 0 amide bonds. The highest BCUT2D eigenvalue weighted by molar-refractivity contribution is 5.91. The molecule has 2 aliphatic heterocycles. The van der Waals surface area contributed by atoms with Crippen molar-refractivity contribution in [3.05, 3.63) is 34.5 Å². The molecule has 3 heterocycles. The molecule has 14 nitrogen and oxygen atoms in total. The van der Waals surface area contributed by atoms with Gasteiger partial charge in [-0.1, -0.05) is 0 Å². The Bertz CT molecular complexity index is 1460. The van der Waals surface area contributed by atoms with E-state index in [4.69, 9.17) is 28.1 Å². The molecule has 38 heavy (non-hydrogen) atoms. The van der Waals surface area contributed by atoms with Gasteiger partial charge in [0, 0.05) is 11.6 Å². The summed E-state index contributed by atoms with van der Waals surface area (Å²) in [5.74, 6) is -2.43. The molecule has 1 fully saturated rings. The third-order valence-corrected chi connectivity index (χ3v) is 6.12. The van der Waals surface area contributed by atoms with E-state index in [9.17, 15) is 35.1 Å². The summed E-state index contributed by atoms with van der Waals surface area (Å²) in [7, 11) is 2.27. The standard InChI is InChI=1S/C24H22O14/c1-32-21-15(27)13-11(6-12-20(14(13)26)35-7-34-12)36-19(21)8-3-4-10(9(25)5-8)37-24-18(30)16(28)17(29)22(38-24)23(31)33-2/h3-6,16-18,22,24-26,28-30H,7H2,1-2H3. The zero-order valence-corrected chi connectivity index (χ0v) is 19.8. The maximum atomic E-state index is 13.1. The summed E-state index contributed by atoms with van der Waals surface area (Å²) in [5, 5.41) is 51.3. The van der Waals surface area contributed by atoms with Gasteiger partial charge in [0.15, 0.2) is 34.9 Å². The Balaban J connectivity index is 1.50. The number of hydrogen-bond acceptors (Lipinski definition) is 14. The molecule has 0 bridgehead atoms. The second-order valence-corrected chi connectivity index (χ2v) is 8.35. The first-order valence-electron chi connectivity index (χ1n) is 11.1. The first-order valence-corrected chi connectivity index (χ1v) is 11.1. The number of hydrogen-bond donors (Lipinski definition) is 5. The summed E-state index contributed by atoms with van der Waals surface area (Å²) in [6.07, 6.45) is -8.72. The summed E-state index contributed by atoms with van der Waals surface area (Å²) >= 11 is 0. The summed E-state index contributed by atoms with van der Waals surface area (Å²) in [5.41, 5.74) is -0.581. The Kier molecular flexibility index (Phi) is 6.40. The highest BCUT2D eigenvalue weighted by Crippen LogP contribution is 2.46. The van der Waals surface area contributed by atoms with Gasteiger partial charge in [0.25, 0.3) is 0 Å². The van der Waals surface area contributed by atoms with Crippen molar-refractivity contribution in [1.82, 2.24) is 0 Å². The molecule has 2 aromatic carbocycles. The van der Waals surface area contributed by atoms with Gasteiger partial charge in [-0.2, -0.15) is 0 Å². The Labute approximate surface area is 212 Å². The largest absolute Gasteiger partial charge is 0.504 e. The van der Waals surface area contributed by atoms with E-state index in [-0.39, 0.29) is 52.1 Å². The van der Waals surface area contributed by atoms with Gasteiger partial charge >= 0.3 is 5.97 Å². The highest BCUT2D eigenvalue weighted by Gasteiger charge is 2.48. The summed E-state index contributed by atoms with van der Waals surface area (Å²) in [6.45, 7) is -0.150. The first-order chi connectivity index (χ1) is 18.2. The monoisotopic (exact) mass is 534 g/mol. The predicted molar refractivity (Wildman–Crippen MR) is 123 cm³/mol. The van der Waals surface area contributed by atoms with Crippen LogP contribution in [0.3, 0.4) is 0 Å². The fourth-order valence-corrected chi connectivity index (χ4v) is 4.19. The zero-order valence-electron chi connectivity index (χ0n) is 19.8. The molecule has 5 N–H and O–H groups in total. The summed E-state index contributed by atoms with van der Waals surface area (Å²) < 4.78 is 36.8. The second kappa shape index (κ2) is 9.57.